The Kier molecular flexibility index (Phi) is 4.02. The third-order valence-electron chi connectivity index (χ3n) is 4.47. The molecule has 1 N–H and O–H groups in total. The fraction of sp³-hybridized carbons (Fsp3) is 0.438. The molecule has 0 unspecified atom stereocenters. The lowest BCUT2D eigenvalue weighted by molar-refractivity contribution is 0.556. The van der Waals surface area contributed by atoms with Crippen LogP contribution in [0.5, 0.6) is 0 Å². The third-order valence-corrected chi connectivity index (χ3v) is 4.47. The molecule has 1 saturated heterocycles. The van der Waals surface area contributed by atoms with Crippen molar-refractivity contribution in [3.63, 3.8) is 0 Å². The highest BCUT2D eigenvalue weighted by atomic mass is 19.1. The van der Waals surface area contributed by atoms with Gasteiger partial charge in [-0.2, -0.15) is 8.91 Å². The first-order valence-electron chi connectivity index (χ1n) is 8.49. The number of hydrogen-bond acceptors (Lipinski definition) is 7. The second kappa shape index (κ2) is 6.36. The Hall–Kier alpha value is -3.04. The van der Waals surface area contributed by atoms with Gasteiger partial charge in [-0.1, -0.05) is 13.8 Å². The van der Waals surface area contributed by atoms with Gasteiger partial charge in [0.2, 0.25) is 11.8 Å². The first-order chi connectivity index (χ1) is 12.5. The van der Waals surface area contributed by atoms with Crippen LogP contribution in [0.15, 0.2) is 23.3 Å². The van der Waals surface area contributed by atoms with Crippen LogP contribution < -0.4 is 15.4 Å². The number of nitrogens with zero attached hydrogens (tertiary/aromatic N) is 7. The molecule has 1 aliphatic heterocycles. The van der Waals surface area contributed by atoms with Gasteiger partial charge in [0.15, 0.2) is 5.65 Å². The molecule has 0 saturated carbocycles. The quantitative estimate of drug-likeness (QED) is 0.740. The highest BCUT2D eigenvalue weighted by Crippen LogP contribution is 2.19. The minimum absolute atomic E-state index is 0.156. The molecule has 136 valence electrons. The molecular formula is C16H19FN8O. The van der Waals surface area contributed by atoms with Crippen molar-refractivity contribution in [1.82, 2.24) is 29.8 Å². The summed E-state index contributed by atoms with van der Waals surface area (Å²) in [7, 11) is 0. The normalized spacial score (nSPS) is 15.2. The number of aromatic amines is 1. The molecule has 0 bridgehead atoms. The first-order valence-corrected chi connectivity index (χ1v) is 8.49. The van der Waals surface area contributed by atoms with Crippen molar-refractivity contribution in [2.24, 2.45) is 0 Å². The van der Waals surface area contributed by atoms with Gasteiger partial charge >= 0.3 is 0 Å². The topological polar surface area (TPSA) is 95.3 Å². The van der Waals surface area contributed by atoms with Gasteiger partial charge in [-0.25, -0.2) is 4.98 Å². The zero-order chi connectivity index (χ0) is 18.3. The van der Waals surface area contributed by atoms with E-state index in [2.05, 4.69) is 30.2 Å². The van der Waals surface area contributed by atoms with Gasteiger partial charge in [0.25, 0.3) is 5.56 Å². The summed E-state index contributed by atoms with van der Waals surface area (Å²) in [6.07, 6.45) is 1.57. The maximum absolute atomic E-state index is 13.9. The highest BCUT2D eigenvalue weighted by molar-refractivity contribution is 5.46. The first kappa shape index (κ1) is 16.4. The van der Waals surface area contributed by atoms with Crippen molar-refractivity contribution >= 4 is 17.4 Å². The summed E-state index contributed by atoms with van der Waals surface area (Å²) in [5.74, 6) is 0.299. The molecule has 0 aliphatic carbocycles. The highest BCUT2D eigenvalue weighted by Gasteiger charge is 2.22. The van der Waals surface area contributed by atoms with Crippen LogP contribution in [0.25, 0.3) is 5.65 Å². The van der Waals surface area contributed by atoms with Gasteiger partial charge in [-0.15, -0.1) is 15.3 Å². The largest absolute Gasteiger partial charge is 0.352 e. The molecule has 26 heavy (non-hydrogen) atoms. The van der Waals surface area contributed by atoms with Crippen LogP contribution in [0.3, 0.4) is 0 Å². The number of piperazine rings is 1. The predicted octanol–water partition coefficient (Wildman–Crippen LogP) is 0.797. The Balaban J connectivity index is 1.52. The van der Waals surface area contributed by atoms with E-state index in [9.17, 15) is 9.18 Å². The minimum Gasteiger partial charge on any atom is -0.352 e. The van der Waals surface area contributed by atoms with Crippen LogP contribution in [0.2, 0.25) is 0 Å². The summed E-state index contributed by atoms with van der Waals surface area (Å²) in [4.78, 5) is 22.8. The number of nitrogens with one attached hydrogen (secondary N) is 1. The van der Waals surface area contributed by atoms with Crippen molar-refractivity contribution in [2.45, 2.75) is 19.8 Å². The predicted molar refractivity (Wildman–Crippen MR) is 94.1 cm³/mol. The maximum atomic E-state index is 13.9. The molecule has 10 heteroatoms. The van der Waals surface area contributed by atoms with E-state index in [0.29, 0.717) is 37.8 Å². The molecule has 3 aromatic heterocycles. The van der Waals surface area contributed by atoms with Crippen molar-refractivity contribution < 1.29 is 4.39 Å². The average Bonchev–Trinajstić information content (AvgIpc) is 3.11. The molecule has 4 heterocycles. The van der Waals surface area contributed by atoms with Crippen molar-refractivity contribution in [3.05, 3.63) is 40.3 Å². The number of aromatic nitrogens is 6. The van der Waals surface area contributed by atoms with E-state index in [4.69, 9.17) is 0 Å². The van der Waals surface area contributed by atoms with Gasteiger partial charge in [0.05, 0.1) is 5.69 Å². The monoisotopic (exact) mass is 358 g/mol. The Bertz CT molecular complexity index is 989. The fourth-order valence-electron chi connectivity index (χ4n) is 3.03. The smallest absolute Gasteiger partial charge is 0.288 e. The molecule has 1 aliphatic rings. The summed E-state index contributed by atoms with van der Waals surface area (Å²) in [5.41, 5.74) is 0.174. The standard InChI is InChI=1S/C16H19FN8O/c1-10(2)14-13(17)15(26)20-16(19-14)24-7-5-23(6-8-24)12-4-3-11-21-18-9-25(11)22-12/h3-4,9-10H,5-8H2,1-2H3,(H,19,20,26). The van der Waals surface area contributed by atoms with E-state index in [1.807, 2.05) is 30.9 Å². The van der Waals surface area contributed by atoms with Crippen LogP contribution in [0, 0.1) is 5.82 Å². The second-order valence-corrected chi connectivity index (χ2v) is 6.54. The molecule has 1 fully saturated rings. The van der Waals surface area contributed by atoms with Gasteiger partial charge < -0.3 is 9.80 Å². The maximum Gasteiger partial charge on any atom is 0.288 e. The molecule has 0 amide bonds. The summed E-state index contributed by atoms with van der Waals surface area (Å²) in [6.45, 7) is 6.35. The van der Waals surface area contributed by atoms with Gasteiger partial charge in [0, 0.05) is 26.2 Å². The van der Waals surface area contributed by atoms with Crippen LogP contribution in [-0.4, -0.2) is 56.0 Å². The van der Waals surface area contributed by atoms with Crippen LogP contribution in [0.4, 0.5) is 16.2 Å². The van der Waals surface area contributed by atoms with Crippen LogP contribution in [-0.2, 0) is 0 Å². The van der Waals surface area contributed by atoms with Crippen molar-refractivity contribution in [3.8, 4) is 0 Å². The van der Waals surface area contributed by atoms with E-state index < -0.39 is 11.4 Å². The molecule has 0 atom stereocenters. The van der Waals surface area contributed by atoms with Crippen LogP contribution >= 0.6 is 0 Å². The Morgan fingerprint density at radius 2 is 1.88 bits per heavy atom. The third kappa shape index (κ3) is 2.87. The lowest BCUT2D eigenvalue weighted by Gasteiger charge is -2.35. The molecule has 3 aromatic rings. The van der Waals surface area contributed by atoms with Crippen molar-refractivity contribution in [1.29, 1.82) is 0 Å². The van der Waals surface area contributed by atoms with Gasteiger partial charge in [-0.05, 0) is 18.1 Å². The van der Waals surface area contributed by atoms with E-state index in [0.717, 1.165) is 5.82 Å². The number of anilines is 2. The fourth-order valence-corrected chi connectivity index (χ4v) is 3.03. The summed E-state index contributed by atoms with van der Waals surface area (Å²) in [5, 5.41) is 12.3. The SMILES string of the molecule is CC(C)c1nc(N2CCN(c3ccc4nncn4n3)CC2)[nH]c(=O)c1F. The molecule has 9 nitrogen and oxygen atoms in total. The number of hydrogen-bond donors (Lipinski definition) is 1. The Labute approximate surface area is 148 Å². The zero-order valence-corrected chi connectivity index (χ0v) is 14.6. The second-order valence-electron chi connectivity index (χ2n) is 6.54. The summed E-state index contributed by atoms with van der Waals surface area (Å²) in [6, 6.07) is 3.78. The minimum atomic E-state index is -0.797. The summed E-state index contributed by atoms with van der Waals surface area (Å²) >= 11 is 0. The Morgan fingerprint density at radius 1 is 1.15 bits per heavy atom. The average molecular weight is 358 g/mol. The van der Waals surface area contributed by atoms with Gasteiger partial charge in [0.1, 0.15) is 12.1 Å². The molecule has 0 aromatic carbocycles. The van der Waals surface area contributed by atoms with Crippen LogP contribution in [0.1, 0.15) is 25.5 Å². The Morgan fingerprint density at radius 3 is 2.62 bits per heavy atom. The number of fused-ring (bicyclic) bond motifs is 1. The molecular weight excluding hydrogens is 339 g/mol. The molecule has 4 rings (SSSR count). The zero-order valence-electron chi connectivity index (χ0n) is 14.6. The molecule has 0 spiro atoms. The van der Waals surface area contributed by atoms with E-state index >= 15 is 0 Å². The lowest BCUT2D eigenvalue weighted by atomic mass is 10.1. The van der Waals surface area contributed by atoms with E-state index in [-0.39, 0.29) is 11.6 Å². The number of rotatable bonds is 3. The summed E-state index contributed by atoms with van der Waals surface area (Å²) < 4.78 is 15.6. The van der Waals surface area contributed by atoms with E-state index in [1.54, 1.807) is 10.8 Å². The van der Waals surface area contributed by atoms with Gasteiger partial charge in [-0.3, -0.25) is 9.78 Å². The molecule has 0 radical (unpaired) electrons. The number of halogens is 1. The van der Waals surface area contributed by atoms with Crippen molar-refractivity contribution in [2.75, 3.05) is 36.0 Å². The lowest BCUT2D eigenvalue weighted by Crippen LogP contribution is -2.48. The van der Waals surface area contributed by atoms with E-state index in [1.165, 1.54) is 0 Å². The number of H-pyrrole nitrogens is 1.